The van der Waals surface area contributed by atoms with Gasteiger partial charge in [-0.25, -0.2) is 12.7 Å². The predicted molar refractivity (Wildman–Crippen MR) is 68.2 cm³/mol. The molecule has 0 bridgehead atoms. The first kappa shape index (κ1) is 17.3. The maximum absolute atomic E-state index is 12.3. The van der Waals surface area contributed by atoms with E-state index in [2.05, 4.69) is 0 Å². The van der Waals surface area contributed by atoms with Crippen LogP contribution in [0, 0.1) is 13.8 Å². The van der Waals surface area contributed by atoms with E-state index in [4.69, 9.17) is 16.0 Å². The molecule has 1 aromatic rings. The molecule has 0 aliphatic heterocycles. The third kappa shape index (κ3) is 3.67. The van der Waals surface area contributed by atoms with E-state index in [-0.39, 0.29) is 22.1 Å². The van der Waals surface area contributed by atoms with Gasteiger partial charge in [0.15, 0.2) is 0 Å². The maximum atomic E-state index is 12.3. The van der Waals surface area contributed by atoms with E-state index in [9.17, 15) is 21.6 Å². The summed E-state index contributed by atoms with van der Waals surface area (Å²) >= 11 is 5.69. The number of halogens is 4. The average Bonchev–Trinajstić information content (AvgIpc) is 2.59. The normalized spacial score (nSPS) is 13.2. The molecule has 0 N–H and O–H groups in total. The molecule has 1 heterocycles. The molecule has 0 spiro atoms. The molecule has 20 heavy (non-hydrogen) atoms. The first-order chi connectivity index (χ1) is 9.00. The van der Waals surface area contributed by atoms with Gasteiger partial charge in [0.2, 0.25) is 10.0 Å². The molecule has 0 atom stereocenters. The van der Waals surface area contributed by atoms with Gasteiger partial charge >= 0.3 is 6.18 Å². The zero-order valence-electron chi connectivity index (χ0n) is 11.2. The summed E-state index contributed by atoms with van der Waals surface area (Å²) in [6.07, 6.45) is -5.63. The summed E-state index contributed by atoms with van der Waals surface area (Å²) in [4.78, 5) is -0.144. The second-order valence-corrected chi connectivity index (χ2v) is 6.60. The van der Waals surface area contributed by atoms with E-state index in [0.29, 0.717) is 10.1 Å². The topological polar surface area (TPSA) is 50.5 Å². The molecule has 1 rings (SSSR count). The predicted octanol–water partition coefficient (Wildman–Crippen LogP) is 3.21. The Hall–Kier alpha value is -0.730. The Kier molecular flexibility index (Phi) is 5.15. The molecule has 9 heteroatoms. The van der Waals surface area contributed by atoms with E-state index in [1.54, 1.807) is 6.92 Å². The highest BCUT2D eigenvalue weighted by Gasteiger charge is 2.33. The van der Waals surface area contributed by atoms with Gasteiger partial charge in [0.25, 0.3) is 0 Å². The van der Waals surface area contributed by atoms with Crippen molar-refractivity contribution in [1.29, 1.82) is 0 Å². The Morgan fingerprint density at radius 3 is 2.25 bits per heavy atom. The van der Waals surface area contributed by atoms with Crippen LogP contribution in [-0.2, 0) is 15.9 Å². The minimum Gasteiger partial charge on any atom is -0.465 e. The van der Waals surface area contributed by atoms with Crippen molar-refractivity contribution in [2.75, 3.05) is 13.6 Å². The molecule has 0 saturated carbocycles. The Labute approximate surface area is 120 Å². The lowest BCUT2D eigenvalue weighted by atomic mass is 10.3. The van der Waals surface area contributed by atoms with Crippen LogP contribution in [0.25, 0.3) is 0 Å². The molecule has 0 aromatic carbocycles. The number of hydrogen-bond acceptors (Lipinski definition) is 3. The van der Waals surface area contributed by atoms with E-state index in [0.717, 1.165) is 7.05 Å². The lowest BCUT2D eigenvalue weighted by molar-refractivity contribution is -0.135. The fraction of sp³-hybridized carbons (Fsp3) is 0.636. The molecule has 0 unspecified atom stereocenters. The van der Waals surface area contributed by atoms with E-state index in [1.807, 2.05) is 0 Å². The van der Waals surface area contributed by atoms with Gasteiger partial charge in [0, 0.05) is 19.2 Å². The van der Waals surface area contributed by atoms with Gasteiger partial charge in [-0.15, -0.1) is 11.6 Å². The highest BCUT2D eigenvalue weighted by Crippen LogP contribution is 2.30. The van der Waals surface area contributed by atoms with E-state index in [1.165, 1.54) is 6.92 Å². The number of sulfonamides is 1. The van der Waals surface area contributed by atoms with E-state index < -0.39 is 29.2 Å². The fourth-order valence-electron chi connectivity index (χ4n) is 1.76. The van der Waals surface area contributed by atoms with Crippen LogP contribution in [0.1, 0.15) is 23.5 Å². The summed E-state index contributed by atoms with van der Waals surface area (Å²) in [5, 5.41) is 0. The summed E-state index contributed by atoms with van der Waals surface area (Å²) in [5.74, 6) is 0.377. The number of rotatable bonds is 5. The SMILES string of the molecule is Cc1oc(C)c(S(=O)(=O)N(C)CCC(F)(F)F)c1CCl. The summed E-state index contributed by atoms with van der Waals surface area (Å²) in [6, 6.07) is 0. The number of nitrogens with zero attached hydrogens (tertiary/aromatic N) is 1. The summed E-state index contributed by atoms with van der Waals surface area (Å²) < 4.78 is 67.0. The van der Waals surface area contributed by atoms with Gasteiger partial charge < -0.3 is 4.42 Å². The van der Waals surface area contributed by atoms with Crippen molar-refractivity contribution in [3.8, 4) is 0 Å². The Balaban J connectivity index is 3.11. The average molecular weight is 334 g/mol. The monoisotopic (exact) mass is 333 g/mol. The second kappa shape index (κ2) is 5.95. The minimum absolute atomic E-state index is 0.0924. The summed E-state index contributed by atoms with van der Waals surface area (Å²) in [7, 11) is -2.96. The van der Waals surface area contributed by atoms with Crippen molar-refractivity contribution in [2.24, 2.45) is 0 Å². The molecular weight excluding hydrogens is 319 g/mol. The van der Waals surface area contributed by atoms with Crippen molar-refractivity contribution in [2.45, 2.75) is 37.2 Å². The Morgan fingerprint density at radius 2 is 1.80 bits per heavy atom. The van der Waals surface area contributed by atoms with Crippen LogP contribution >= 0.6 is 11.6 Å². The maximum Gasteiger partial charge on any atom is 0.390 e. The molecular formula is C11H15ClF3NO3S. The van der Waals surface area contributed by atoms with Gasteiger partial charge in [-0.05, 0) is 13.8 Å². The highest BCUT2D eigenvalue weighted by molar-refractivity contribution is 7.89. The van der Waals surface area contributed by atoms with Crippen molar-refractivity contribution in [1.82, 2.24) is 4.31 Å². The van der Waals surface area contributed by atoms with Crippen LogP contribution in [-0.4, -0.2) is 32.5 Å². The van der Waals surface area contributed by atoms with Gasteiger partial charge in [-0.1, -0.05) is 0 Å². The number of aryl methyl sites for hydroxylation is 2. The third-order valence-electron chi connectivity index (χ3n) is 2.84. The first-order valence-electron chi connectivity index (χ1n) is 5.68. The fourth-order valence-corrected chi connectivity index (χ4v) is 3.74. The standard InChI is InChI=1S/C11H15ClF3NO3S/c1-7-9(6-12)10(8(2)19-7)20(17,18)16(3)5-4-11(13,14)15/h4-6H2,1-3H3. The van der Waals surface area contributed by atoms with Gasteiger partial charge in [-0.2, -0.15) is 13.2 Å². The van der Waals surface area contributed by atoms with Crippen LogP contribution in [0.4, 0.5) is 13.2 Å². The summed E-state index contributed by atoms with van der Waals surface area (Å²) in [6.45, 7) is 2.34. The molecule has 0 saturated heterocycles. The lowest BCUT2D eigenvalue weighted by Gasteiger charge is -2.18. The zero-order chi connectivity index (χ0) is 15.7. The van der Waals surface area contributed by atoms with Gasteiger partial charge in [0.05, 0.1) is 12.3 Å². The van der Waals surface area contributed by atoms with Crippen LogP contribution < -0.4 is 0 Å². The Morgan fingerprint density at radius 1 is 1.25 bits per heavy atom. The van der Waals surface area contributed by atoms with Crippen molar-refractivity contribution >= 4 is 21.6 Å². The zero-order valence-corrected chi connectivity index (χ0v) is 12.8. The van der Waals surface area contributed by atoms with Crippen LogP contribution in [0.2, 0.25) is 0 Å². The number of furan rings is 1. The quantitative estimate of drug-likeness (QED) is 0.777. The lowest BCUT2D eigenvalue weighted by Crippen LogP contribution is -2.31. The molecule has 4 nitrogen and oxygen atoms in total. The van der Waals surface area contributed by atoms with Crippen molar-refractivity contribution < 1.29 is 26.0 Å². The van der Waals surface area contributed by atoms with Crippen molar-refractivity contribution in [3.63, 3.8) is 0 Å². The van der Waals surface area contributed by atoms with E-state index >= 15 is 0 Å². The van der Waals surface area contributed by atoms with Crippen LogP contribution in [0.15, 0.2) is 9.31 Å². The second-order valence-electron chi connectivity index (χ2n) is 4.35. The van der Waals surface area contributed by atoms with Gasteiger partial charge in [-0.3, -0.25) is 0 Å². The minimum atomic E-state index is -4.42. The number of alkyl halides is 4. The van der Waals surface area contributed by atoms with Gasteiger partial charge in [0.1, 0.15) is 16.4 Å². The summed E-state index contributed by atoms with van der Waals surface area (Å²) in [5.41, 5.74) is 0.281. The molecule has 1 aromatic heterocycles. The smallest absolute Gasteiger partial charge is 0.390 e. The van der Waals surface area contributed by atoms with Crippen molar-refractivity contribution in [3.05, 3.63) is 17.1 Å². The largest absolute Gasteiger partial charge is 0.465 e. The third-order valence-corrected chi connectivity index (χ3v) is 5.16. The molecule has 0 fully saturated rings. The molecule has 0 radical (unpaired) electrons. The molecule has 0 aliphatic carbocycles. The number of hydrogen-bond donors (Lipinski definition) is 0. The Bertz CT molecular complexity index is 580. The highest BCUT2D eigenvalue weighted by atomic mass is 35.5. The van der Waals surface area contributed by atoms with Crippen LogP contribution in [0.3, 0.4) is 0 Å². The van der Waals surface area contributed by atoms with Crippen LogP contribution in [0.5, 0.6) is 0 Å². The molecule has 0 aliphatic rings. The molecule has 0 amide bonds. The molecule has 116 valence electrons. The first-order valence-corrected chi connectivity index (χ1v) is 7.66.